The fraction of sp³-hybridized carbons (Fsp3) is 0.321. The van der Waals surface area contributed by atoms with Crippen molar-refractivity contribution in [2.45, 2.75) is 39.5 Å². The van der Waals surface area contributed by atoms with E-state index >= 15 is 0 Å². The van der Waals surface area contributed by atoms with Crippen LogP contribution in [0.3, 0.4) is 0 Å². The standard InChI is InChI=1S/C28H31N3O4S/c1-16(2)19-8-7-9-20(17(3)4)26(19)31-24(32)13-35-27-25-21(14-36-28(25)30-15-29-27)18-10-11-22(33-5)23(12-18)34-6/h7-12,14-17H,13H2,1-6H3,(H,31,32). The number of thiophene rings is 1. The second-order valence-electron chi connectivity index (χ2n) is 9.04. The molecule has 4 rings (SSSR count). The minimum absolute atomic E-state index is 0.169. The van der Waals surface area contributed by atoms with Gasteiger partial charge in [-0.05, 0) is 40.7 Å². The Morgan fingerprint density at radius 3 is 2.31 bits per heavy atom. The largest absolute Gasteiger partial charge is 0.493 e. The number of anilines is 1. The number of carbonyl (C=O) groups excluding carboxylic acids is 1. The first kappa shape index (κ1) is 25.4. The second-order valence-corrected chi connectivity index (χ2v) is 9.89. The van der Waals surface area contributed by atoms with Gasteiger partial charge in [0.2, 0.25) is 5.88 Å². The molecule has 0 saturated carbocycles. The Morgan fingerprint density at radius 2 is 1.67 bits per heavy atom. The zero-order valence-electron chi connectivity index (χ0n) is 21.4. The van der Waals surface area contributed by atoms with Gasteiger partial charge in [0.15, 0.2) is 18.1 Å². The lowest BCUT2D eigenvalue weighted by Crippen LogP contribution is -2.22. The summed E-state index contributed by atoms with van der Waals surface area (Å²) in [5, 5.41) is 5.85. The summed E-state index contributed by atoms with van der Waals surface area (Å²) in [7, 11) is 3.21. The van der Waals surface area contributed by atoms with E-state index in [4.69, 9.17) is 14.2 Å². The van der Waals surface area contributed by atoms with Gasteiger partial charge in [-0.25, -0.2) is 9.97 Å². The number of para-hydroxylation sites is 1. The number of carbonyl (C=O) groups is 1. The number of rotatable bonds is 9. The van der Waals surface area contributed by atoms with Crippen molar-refractivity contribution in [2.75, 3.05) is 26.1 Å². The van der Waals surface area contributed by atoms with E-state index in [1.165, 1.54) is 17.7 Å². The summed E-state index contributed by atoms with van der Waals surface area (Å²) in [6.07, 6.45) is 1.45. The first-order chi connectivity index (χ1) is 17.3. The van der Waals surface area contributed by atoms with Crippen LogP contribution in [0.5, 0.6) is 17.4 Å². The van der Waals surface area contributed by atoms with Gasteiger partial charge in [-0.15, -0.1) is 11.3 Å². The number of nitrogens with zero attached hydrogens (tertiary/aromatic N) is 2. The van der Waals surface area contributed by atoms with Crippen LogP contribution in [-0.2, 0) is 4.79 Å². The Morgan fingerprint density at radius 1 is 0.972 bits per heavy atom. The van der Waals surface area contributed by atoms with Gasteiger partial charge >= 0.3 is 0 Å². The van der Waals surface area contributed by atoms with E-state index in [0.29, 0.717) is 17.4 Å². The maximum absolute atomic E-state index is 13.0. The molecule has 0 saturated heterocycles. The number of benzene rings is 2. The fourth-order valence-electron chi connectivity index (χ4n) is 4.18. The molecule has 0 atom stereocenters. The van der Waals surface area contributed by atoms with Crippen LogP contribution in [0.15, 0.2) is 48.1 Å². The van der Waals surface area contributed by atoms with Crippen molar-refractivity contribution in [1.82, 2.24) is 9.97 Å². The molecule has 36 heavy (non-hydrogen) atoms. The lowest BCUT2D eigenvalue weighted by Gasteiger charge is -2.20. The quantitative estimate of drug-likeness (QED) is 0.275. The Bertz CT molecular complexity index is 1350. The Kier molecular flexibility index (Phi) is 7.74. The van der Waals surface area contributed by atoms with Gasteiger partial charge in [0.25, 0.3) is 5.91 Å². The maximum atomic E-state index is 13.0. The monoisotopic (exact) mass is 505 g/mol. The highest BCUT2D eigenvalue weighted by Gasteiger charge is 2.19. The molecule has 0 aliphatic carbocycles. The smallest absolute Gasteiger partial charge is 0.262 e. The molecule has 1 amide bonds. The molecule has 4 aromatic rings. The normalized spacial score (nSPS) is 11.2. The predicted molar refractivity (Wildman–Crippen MR) is 145 cm³/mol. The van der Waals surface area contributed by atoms with Crippen molar-refractivity contribution in [2.24, 2.45) is 0 Å². The number of hydrogen-bond donors (Lipinski definition) is 1. The topological polar surface area (TPSA) is 82.6 Å². The zero-order chi connectivity index (χ0) is 25.8. The van der Waals surface area contributed by atoms with E-state index in [2.05, 4.69) is 55.1 Å². The zero-order valence-corrected chi connectivity index (χ0v) is 22.2. The van der Waals surface area contributed by atoms with Crippen LogP contribution in [0, 0.1) is 0 Å². The van der Waals surface area contributed by atoms with Gasteiger partial charge in [0, 0.05) is 16.6 Å². The number of amides is 1. The molecule has 2 aromatic carbocycles. The van der Waals surface area contributed by atoms with Crippen molar-refractivity contribution in [3.8, 4) is 28.5 Å². The summed E-state index contributed by atoms with van der Waals surface area (Å²) < 4.78 is 16.8. The number of methoxy groups -OCH3 is 2. The first-order valence-electron chi connectivity index (χ1n) is 11.8. The molecule has 2 heterocycles. The summed E-state index contributed by atoms with van der Waals surface area (Å²) >= 11 is 1.49. The summed E-state index contributed by atoms with van der Waals surface area (Å²) in [6, 6.07) is 11.9. The lowest BCUT2D eigenvalue weighted by molar-refractivity contribution is -0.118. The van der Waals surface area contributed by atoms with E-state index in [9.17, 15) is 4.79 Å². The fourth-order valence-corrected chi connectivity index (χ4v) is 5.08. The van der Waals surface area contributed by atoms with Gasteiger partial charge < -0.3 is 19.5 Å². The molecule has 0 aliphatic heterocycles. The first-order valence-corrected chi connectivity index (χ1v) is 12.7. The van der Waals surface area contributed by atoms with Gasteiger partial charge in [-0.2, -0.15) is 0 Å². The van der Waals surface area contributed by atoms with Crippen molar-refractivity contribution in [1.29, 1.82) is 0 Å². The summed E-state index contributed by atoms with van der Waals surface area (Å²) in [4.78, 5) is 22.5. The van der Waals surface area contributed by atoms with E-state index < -0.39 is 0 Å². The summed E-state index contributed by atoms with van der Waals surface area (Å²) in [5.74, 6) is 1.94. The minimum Gasteiger partial charge on any atom is -0.493 e. The van der Waals surface area contributed by atoms with Crippen molar-refractivity contribution < 1.29 is 19.0 Å². The average molecular weight is 506 g/mol. The second kappa shape index (κ2) is 11.0. The van der Waals surface area contributed by atoms with Crippen LogP contribution >= 0.6 is 11.3 Å². The van der Waals surface area contributed by atoms with Gasteiger partial charge in [0.05, 0.1) is 19.6 Å². The third kappa shape index (κ3) is 5.14. The molecule has 0 spiro atoms. The molecule has 0 unspecified atom stereocenters. The van der Waals surface area contributed by atoms with Gasteiger partial charge in [-0.1, -0.05) is 52.0 Å². The number of aromatic nitrogens is 2. The molecule has 1 N–H and O–H groups in total. The average Bonchev–Trinajstić information content (AvgIpc) is 3.31. The van der Waals surface area contributed by atoms with Crippen LogP contribution in [0.4, 0.5) is 5.69 Å². The maximum Gasteiger partial charge on any atom is 0.262 e. The van der Waals surface area contributed by atoms with E-state index in [-0.39, 0.29) is 24.3 Å². The number of hydrogen-bond acceptors (Lipinski definition) is 7. The molecule has 7 nitrogen and oxygen atoms in total. The van der Waals surface area contributed by atoms with E-state index in [1.54, 1.807) is 14.2 Å². The molecule has 188 valence electrons. The summed E-state index contributed by atoms with van der Waals surface area (Å²) in [5.41, 5.74) is 4.89. The van der Waals surface area contributed by atoms with Crippen LogP contribution in [0.2, 0.25) is 0 Å². The number of nitrogens with one attached hydrogen (secondary N) is 1. The van der Waals surface area contributed by atoms with Crippen LogP contribution < -0.4 is 19.5 Å². The van der Waals surface area contributed by atoms with Crippen molar-refractivity contribution in [3.63, 3.8) is 0 Å². The van der Waals surface area contributed by atoms with Crippen LogP contribution in [0.25, 0.3) is 21.3 Å². The molecule has 0 bridgehead atoms. The Labute approximate surface area is 215 Å². The molecule has 0 radical (unpaired) electrons. The predicted octanol–water partition coefficient (Wildman–Crippen LogP) is 6.64. The van der Waals surface area contributed by atoms with Crippen LogP contribution in [0.1, 0.15) is 50.7 Å². The van der Waals surface area contributed by atoms with Crippen molar-refractivity contribution in [3.05, 3.63) is 59.2 Å². The van der Waals surface area contributed by atoms with Crippen molar-refractivity contribution >= 4 is 33.1 Å². The minimum atomic E-state index is -0.236. The molecule has 0 aliphatic rings. The third-order valence-corrected chi connectivity index (χ3v) is 6.89. The van der Waals surface area contributed by atoms with Gasteiger partial charge in [0.1, 0.15) is 11.2 Å². The Balaban J connectivity index is 1.61. The lowest BCUT2D eigenvalue weighted by atomic mass is 9.92. The third-order valence-electron chi connectivity index (χ3n) is 6.01. The molecule has 2 aromatic heterocycles. The molecule has 0 fully saturated rings. The molecular weight excluding hydrogens is 474 g/mol. The van der Waals surface area contributed by atoms with E-state index in [0.717, 1.165) is 38.2 Å². The Hall–Kier alpha value is -3.65. The summed E-state index contributed by atoms with van der Waals surface area (Å²) in [6.45, 7) is 8.31. The highest BCUT2D eigenvalue weighted by molar-refractivity contribution is 7.17. The van der Waals surface area contributed by atoms with Crippen LogP contribution in [-0.4, -0.2) is 36.7 Å². The highest BCUT2D eigenvalue weighted by atomic mass is 32.1. The number of fused-ring (bicyclic) bond motifs is 1. The van der Waals surface area contributed by atoms with E-state index in [1.807, 2.05) is 29.6 Å². The SMILES string of the molecule is COc1ccc(-c2csc3ncnc(OCC(=O)Nc4c(C(C)C)cccc4C(C)C)c23)cc1OC. The molecular formula is C28H31N3O4S. The molecule has 8 heteroatoms. The number of ether oxygens (including phenoxy) is 3. The highest BCUT2D eigenvalue weighted by Crippen LogP contribution is 2.40. The van der Waals surface area contributed by atoms with Gasteiger partial charge in [-0.3, -0.25) is 4.79 Å².